The van der Waals surface area contributed by atoms with Crippen molar-refractivity contribution in [2.75, 3.05) is 44.8 Å². The molecule has 2 heterocycles. The Bertz CT molecular complexity index is 1010. The van der Waals surface area contributed by atoms with E-state index in [1.54, 1.807) is 24.4 Å². The minimum Gasteiger partial charge on any atom is -0.492 e. The predicted octanol–water partition coefficient (Wildman–Crippen LogP) is 5.42. The predicted molar refractivity (Wildman–Crippen MR) is 128 cm³/mol. The summed E-state index contributed by atoms with van der Waals surface area (Å²) >= 11 is 12.5. The minimum atomic E-state index is 0.240. The molecule has 1 aromatic heterocycles. The summed E-state index contributed by atoms with van der Waals surface area (Å²) < 4.78 is 17.3. The van der Waals surface area contributed by atoms with Crippen LogP contribution in [0.25, 0.3) is 0 Å². The Morgan fingerprint density at radius 2 is 1.75 bits per heavy atom. The first-order chi connectivity index (χ1) is 15.7. The fourth-order valence-corrected chi connectivity index (χ4v) is 3.85. The lowest BCUT2D eigenvalue weighted by atomic mass is 10.2. The number of nitrogens with zero attached hydrogens (tertiary/aromatic N) is 2. The lowest BCUT2D eigenvalue weighted by Gasteiger charge is -2.26. The number of rotatable bonds is 9. The number of ether oxygens (including phenoxy) is 3. The maximum atomic E-state index is 6.26. The van der Waals surface area contributed by atoms with Gasteiger partial charge in [0.1, 0.15) is 19.0 Å². The summed E-state index contributed by atoms with van der Waals surface area (Å²) in [7, 11) is 0. The van der Waals surface area contributed by atoms with Gasteiger partial charge in [-0.1, -0.05) is 35.3 Å². The topological polar surface area (TPSA) is 55.8 Å². The van der Waals surface area contributed by atoms with E-state index >= 15 is 0 Å². The molecule has 0 atom stereocenters. The Balaban J connectivity index is 1.37. The first-order valence-corrected chi connectivity index (χ1v) is 11.3. The number of pyridine rings is 1. The monoisotopic (exact) mass is 473 g/mol. The molecule has 1 aliphatic heterocycles. The van der Waals surface area contributed by atoms with E-state index in [1.165, 1.54) is 0 Å². The van der Waals surface area contributed by atoms with Crippen LogP contribution >= 0.6 is 23.2 Å². The molecule has 2 aromatic carbocycles. The standard InChI is InChI=1S/C24H25Cl2N3O3/c25-21-6-2-7-22(26)20(21)17-32-23-8-3-9-27-24(23)28-18-4-1-5-19(16-18)31-15-12-29-10-13-30-14-11-29/h1-9,16H,10-15,17H2,(H,27,28). The molecule has 0 spiro atoms. The second-order valence-electron chi connectivity index (χ2n) is 7.29. The first-order valence-electron chi connectivity index (χ1n) is 10.5. The molecule has 6 nitrogen and oxygen atoms in total. The second-order valence-corrected chi connectivity index (χ2v) is 8.11. The molecule has 0 aliphatic carbocycles. The van der Waals surface area contributed by atoms with E-state index in [0.29, 0.717) is 28.2 Å². The Morgan fingerprint density at radius 3 is 2.56 bits per heavy atom. The molecule has 0 unspecified atom stereocenters. The van der Waals surface area contributed by atoms with Crippen LogP contribution in [0.15, 0.2) is 60.8 Å². The zero-order valence-corrected chi connectivity index (χ0v) is 19.1. The van der Waals surface area contributed by atoms with Gasteiger partial charge in [-0.3, -0.25) is 4.90 Å². The third-order valence-electron chi connectivity index (χ3n) is 5.08. The molecule has 4 rings (SSSR count). The SMILES string of the molecule is Clc1cccc(Cl)c1COc1cccnc1Nc1cccc(OCCN2CCOCC2)c1. The number of morpholine rings is 1. The van der Waals surface area contributed by atoms with Gasteiger partial charge in [-0.15, -0.1) is 0 Å². The molecule has 1 aliphatic rings. The van der Waals surface area contributed by atoms with Crippen LogP contribution in [0.5, 0.6) is 11.5 Å². The normalized spacial score (nSPS) is 14.2. The van der Waals surface area contributed by atoms with Crippen LogP contribution in [-0.2, 0) is 11.3 Å². The fraction of sp³-hybridized carbons (Fsp3) is 0.292. The molecule has 1 saturated heterocycles. The van der Waals surface area contributed by atoms with Crippen LogP contribution in [0.1, 0.15) is 5.56 Å². The summed E-state index contributed by atoms with van der Waals surface area (Å²) in [5.74, 6) is 1.99. The van der Waals surface area contributed by atoms with Crippen LogP contribution in [0.3, 0.4) is 0 Å². The van der Waals surface area contributed by atoms with Gasteiger partial charge < -0.3 is 19.5 Å². The van der Waals surface area contributed by atoms with Gasteiger partial charge in [-0.2, -0.15) is 0 Å². The van der Waals surface area contributed by atoms with Crippen LogP contribution < -0.4 is 14.8 Å². The third-order valence-corrected chi connectivity index (χ3v) is 5.79. The second kappa shape index (κ2) is 11.4. The van der Waals surface area contributed by atoms with Crippen molar-refractivity contribution in [2.24, 2.45) is 0 Å². The van der Waals surface area contributed by atoms with Crippen molar-refractivity contribution >= 4 is 34.7 Å². The van der Waals surface area contributed by atoms with E-state index in [0.717, 1.165) is 49.8 Å². The van der Waals surface area contributed by atoms with Crippen LogP contribution in [0.4, 0.5) is 11.5 Å². The summed E-state index contributed by atoms with van der Waals surface area (Å²) in [6, 6.07) is 16.8. The van der Waals surface area contributed by atoms with Gasteiger partial charge in [-0.25, -0.2) is 4.98 Å². The molecular formula is C24H25Cl2N3O3. The van der Waals surface area contributed by atoms with Crippen molar-refractivity contribution < 1.29 is 14.2 Å². The molecule has 168 valence electrons. The molecular weight excluding hydrogens is 449 g/mol. The maximum absolute atomic E-state index is 6.26. The number of hydrogen-bond acceptors (Lipinski definition) is 6. The Labute approximate surface area is 198 Å². The summed E-state index contributed by atoms with van der Waals surface area (Å²) in [6.45, 7) is 5.22. The third kappa shape index (κ3) is 6.26. The zero-order valence-electron chi connectivity index (χ0n) is 17.6. The van der Waals surface area contributed by atoms with E-state index in [9.17, 15) is 0 Å². The van der Waals surface area contributed by atoms with Crippen molar-refractivity contribution in [1.82, 2.24) is 9.88 Å². The van der Waals surface area contributed by atoms with Crippen molar-refractivity contribution in [3.8, 4) is 11.5 Å². The van der Waals surface area contributed by atoms with E-state index in [4.69, 9.17) is 37.4 Å². The molecule has 1 fully saturated rings. The Kier molecular flexibility index (Phi) is 8.07. The number of anilines is 2. The average molecular weight is 474 g/mol. The highest BCUT2D eigenvalue weighted by atomic mass is 35.5. The maximum Gasteiger partial charge on any atom is 0.173 e. The first kappa shape index (κ1) is 22.7. The van der Waals surface area contributed by atoms with E-state index < -0.39 is 0 Å². The summed E-state index contributed by atoms with van der Waals surface area (Å²) in [5, 5.41) is 4.44. The number of benzene rings is 2. The molecule has 32 heavy (non-hydrogen) atoms. The molecule has 0 radical (unpaired) electrons. The zero-order chi connectivity index (χ0) is 22.2. The molecule has 8 heteroatoms. The largest absolute Gasteiger partial charge is 0.492 e. The van der Waals surface area contributed by atoms with E-state index in [1.807, 2.05) is 36.4 Å². The number of hydrogen-bond donors (Lipinski definition) is 1. The van der Waals surface area contributed by atoms with Gasteiger partial charge in [0, 0.05) is 53.2 Å². The molecule has 0 amide bonds. The smallest absolute Gasteiger partial charge is 0.173 e. The van der Waals surface area contributed by atoms with Gasteiger partial charge in [-0.05, 0) is 36.4 Å². The van der Waals surface area contributed by atoms with Crippen molar-refractivity contribution in [3.63, 3.8) is 0 Å². The van der Waals surface area contributed by atoms with Crippen LogP contribution in [0, 0.1) is 0 Å². The van der Waals surface area contributed by atoms with Crippen molar-refractivity contribution in [3.05, 3.63) is 76.4 Å². The molecule has 0 saturated carbocycles. The highest BCUT2D eigenvalue weighted by molar-refractivity contribution is 6.35. The molecule has 3 aromatic rings. The Hall–Kier alpha value is -2.51. The Morgan fingerprint density at radius 1 is 0.969 bits per heavy atom. The van der Waals surface area contributed by atoms with Gasteiger partial charge >= 0.3 is 0 Å². The summed E-state index contributed by atoms with van der Waals surface area (Å²) in [4.78, 5) is 6.76. The lowest BCUT2D eigenvalue weighted by Crippen LogP contribution is -2.38. The van der Waals surface area contributed by atoms with Crippen LogP contribution in [-0.4, -0.2) is 49.3 Å². The van der Waals surface area contributed by atoms with Crippen molar-refractivity contribution in [2.45, 2.75) is 6.61 Å². The molecule has 0 bridgehead atoms. The molecule has 1 N–H and O–H groups in total. The minimum absolute atomic E-state index is 0.240. The van der Waals surface area contributed by atoms with Crippen LogP contribution in [0.2, 0.25) is 10.0 Å². The number of aromatic nitrogens is 1. The number of halogens is 2. The summed E-state index contributed by atoms with van der Waals surface area (Å²) in [6.07, 6.45) is 1.71. The summed E-state index contributed by atoms with van der Waals surface area (Å²) in [5.41, 5.74) is 1.59. The highest BCUT2D eigenvalue weighted by Crippen LogP contribution is 2.30. The quantitative estimate of drug-likeness (QED) is 0.447. The average Bonchev–Trinajstić information content (AvgIpc) is 2.81. The van der Waals surface area contributed by atoms with Crippen molar-refractivity contribution in [1.29, 1.82) is 0 Å². The van der Waals surface area contributed by atoms with Gasteiger partial charge in [0.2, 0.25) is 0 Å². The van der Waals surface area contributed by atoms with Gasteiger partial charge in [0.15, 0.2) is 11.6 Å². The highest BCUT2D eigenvalue weighted by Gasteiger charge is 2.11. The fourth-order valence-electron chi connectivity index (χ4n) is 3.34. The van der Waals surface area contributed by atoms with Gasteiger partial charge in [0.05, 0.1) is 13.2 Å². The van der Waals surface area contributed by atoms with E-state index in [-0.39, 0.29) is 6.61 Å². The lowest BCUT2D eigenvalue weighted by molar-refractivity contribution is 0.0322. The van der Waals surface area contributed by atoms with Gasteiger partial charge in [0.25, 0.3) is 0 Å². The number of nitrogens with one attached hydrogen (secondary N) is 1. The van der Waals surface area contributed by atoms with E-state index in [2.05, 4.69) is 15.2 Å².